The van der Waals surface area contributed by atoms with Gasteiger partial charge in [-0.2, -0.15) is 0 Å². The monoisotopic (exact) mass is 306 g/mol. The minimum atomic E-state index is 0.243. The molecule has 2 aromatic rings. The smallest absolute Gasteiger partial charge is 0.128 e. The average Bonchev–Trinajstić information content (AvgIpc) is 3.03. The van der Waals surface area contributed by atoms with Crippen molar-refractivity contribution in [3.8, 4) is 11.5 Å². The van der Waals surface area contributed by atoms with Crippen LogP contribution in [0.1, 0.15) is 36.8 Å². The van der Waals surface area contributed by atoms with Crippen LogP contribution >= 0.6 is 11.3 Å². The first-order valence-corrected chi connectivity index (χ1v) is 8.04. The third-order valence-corrected chi connectivity index (χ3v) is 3.99. The molecule has 0 aliphatic carbocycles. The van der Waals surface area contributed by atoms with Crippen LogP contribution in [0, 0.1) is 0 Å². The van der Waals surface area contributed by atoms with Gasteiger partial charge in [0.2, 0.25) is 0 Å². The maximum Gasteiger partial charge on any atom is 0.128 e. The number of hydrogen-bond donors (Lipinski definition) is 1. The van der Waals surface area contributed by atoms with Gasteiger partial charge in [0.05, 0.1) is 17.5 Å². The van der Waals surface area contributed by atoms with Crippen molar-refractivity contribution in [1.82, 2.24) is 10.3 Å². The van der Waals surface area contributed by atoms with E-state index in [1.54, 1.807) is 18.4 Å². The zero-order chi connectivity index (χ0) is 15.1. The van der Waals surface area contributed by atoms with Gasteiger partial charge >= 0.3 is 0 Å². The van der Waals surface area contributed by atoms with E-state index in [9.17, 15) is 0 Å². The van der Waals surface area contributed by atoms with Crippen LogP contribution in [-0.4, -0.2) is 18.6 Å². The van der Waals surface area contributed by atoms with Crippen LogP contribution in [0.3, 0.4) is 0 Å². The Morgan fingerprint density at radius 3 is 2.90 bits per heavy atom. The van der Waals surface area contributed by atoms with Crippen LogP contribution in [0.4, 0.5) is 0 Å². The summed E-state index contributed by atoms with van der Waals surface area (Å²) < 4.78 is 11.3. The lowest BCUT2D eigenvalue weighted by Crippen LogP contribution is -2.20. The van der Waals surface area contributed by atoms with Gasteiger partial charge in [0, 0.05) is 23.9 Å². The summed E-state index contributed by atoms with van der Waals surface area (Å²) in [6.07, 6.45) is 2.95. The Hall–Kier alpha value is -1.59. The molecular formula is C16H22N2O2S. The molecule has 0 aliphatic rings. The SMILES string of the molecule is CCCNC(C)c1ccc(OC)cc1OCc1cncs1. The van der Waals surface area contributed by atoms with Crippen molar-refractivity contribution >= 4 is 11.3 Å². The molecule has 0 amide bonds. The summed E-state index contributed by atoms with van der Waals surface area (Å²) in [6.45, 7) is 5.83. The Bertz CT molecular complexity index is 543. The quantitative estimate of drug-likeness (QED) is 0.806. The maximum atomic E-state index is 5.98. The Balaban J connectivity index is 2.14. The summed E-state index contributed by atoms with van der Waals surface area (Å²) in [5.41, 5.74) is 2.96. The number of aromatic nitrogens is 1. The van der Waals surface area contributed by atoms with Crippen LogP contribution < -0.4 is 14.8 Å². The third-order valence-electron chi connectivity index (χ3n) is 3.24. The lowest BCUT2D eigenvalue weighted by atomic mass is 10.1. The van der Waals surface area contributed by atoms with Crippen LogP contribution in [0.15, 0.2) is 29.9 Å². The van der Waals surface area contributed by atoms with E-state index in [0.717, 1.165) is 34.9 Å². The molecule has 114 valence electrons. The molecule has 5 heteroatoms. The Morgan fingerprint density at radius 1 is 1.38 bits per heavy atom. The zero-order valence-corrected chi connectivity index (χ0v) is 13.6. The Labute approximate surface area is 130 Å². The predicted octanol–water partition coefficient (Wildman–Crippen LogP) is 3.79. The fourth-order valence-electron chi connectivity index (χ4n) is 2.06. The molecule has 0 aliphatic heterocycles. The first-order chi connectivity index (χ1) is 10.2. The number of nitrogens with zero attached hydrogens (tertiary/aromatic N) is 1. The molecule has 0 radical (unpaired) electrons. The highest BCUT2D eigenvalue weighted by Gasteiger charge is 2.13. The minimum absolute atomic E-state index is 0.243. The summed E-state index contributed by atoms with van der Waals surface area (Å²) in [6, 6.07) is 6.22. The van der Waals surface area contributed by atoms with Gasteiger partial charge < -0.3 is 14.8 Å². The molecule has 0 bridgehead atoms. The normalized spacial score (nSPS) is 12.1. The summed E-state index contributed by atoms with van der Waals surface area (Å²) in [5.74, 6) is 1.67. The van der Waals surface area contributed by atoms with E-state index in [1.165, 1.54) is 0 Å². The number of ether oxygens (including phenoxy) is 2. The molecule has 1 N–H and O–H groups in total. The van der Waals surface area contributed by atoms with E-state index in [4.69, 9.17) is 9.47 Å². The zero-order valence-electron chi connectivity index (χ0n) is 12.8. The van der Waals surface area contributed by atoms with Crippen molar-refractivity contribution in [2.24, 2.45) is 0 Å². The molecule has 21 heavy (non-hydrogen) atoms. The third kappa shape index (κ3) is 4.44. The van der Waals surface area contributed by atoms with Crippen molar-refractivity contribution in [3.05, 3.63) is 40.3 Å². The first kappa shape index (κ1) is 15.8. The summed E-state index contributed by atoms with van der Waals surface area (Å²) >= 11 is 1.60. The van der Waals surface area contributed by atoms with Gasteiger partial charge in [-0.05, 0) is 26.0 Å². The second-order valence-corrected chi connectivity index (χ2v) is 5.81. The molecule has 1 atom stereocenters. The lowest BCUT2D eigenvalue weighted by Gasteiger charge is -2.18. The van der Waals surface area contributed by atoms with Crippen molar-refractivity contribution in [3.63, 3.8) is 0 Å². The molecule has 1 aromatic carbocycles. The molecule has 0 saturated carbocycles. The van der Waals surface area contributed by atoms with Crippen LogP contribution in [-0.2, 0) is 6.61 Å². The van der Waals surface area contributed by atoms with Crippen LogP contribution in [0.2, 0.25) is 0 Å². The van der Waals surface area contributed by atoms with Crippen molar-refractivity contribution in [1.29, 1.82) is 0 Å². The molecule has 1 heterocycles. The maximum absolute atomic E-state index is 5.98. The number of hydrogen-bond acceptors (Lipinski definition) is 5. The van der Waals surface area contributed by atoms with Crippen molar-refractivity contribution < 1.29 is 9.47 Å². The highest BCUT2D eigenvalue weighted by molar-refractivity contribution is 7.09. The van der Waals surface area contributed by atoms with Gasteiger partial charge in [0.15, 0.2) is 0 Å². The molecule has 0 spiro atoms. The summed E-state index contributed by atoms with van der Waals surface area (Å²) in [4.78, 5) is 5.18. The largest absolute Gasteiger partial charge is 0.497 e. The standard InChI is InChI=1S/C16H22N2O2S/c1-4-7-18-12(2)15-6-5-13(19-3)8-16(15)20-10-14-9-17-11-21-14/h5-6,8-9,11-12,18H,4,7,10H2,1-3H3. The topological polar surface area (TPSA) is 43.4 Å². The van der Waals surface area contributed by atoms with E-state index < -0.39 is 0 Å². The lowest BCUT2D eigenvalue weighted by molar-refractivity contribution is 0.300. The van der Waals surface area contributed by atoms with E-state index in [1.807, 2.05) is 23.8 Å². The minimum Gasteiger partial charge on any atom is -0.497 e. The van der Waals surface area contributed by atoms with Gasteiger partial charge in [0.1, 0.15) is 18.1 Å². The van der Waals surface area contributed by atoms with Gasteiger partial charge in [-0.3, -0.25) is 4.98 Å². The fraction of sp³-hybridized carbons (Fsp3) is 0.438. The molecule has 4 nitrogen and oxygen atoms in total. The van der Waals surface area contributed by atoms with E-state index in [-0.39, 0.29) is 6.04 Å². The molecular weight excluding hydrogens is 284 g/mol. The van der Waals surface area contributed by atoms with Crippen LogP contribution in [0.25, 0.3) is 0 Å². The van der Waals surface area contributed by atoms with Gasteiger partial charge in [-0.15, -0.1) is 11.3 Å². The summed E-state index contributed by atoms with van der Waals surface area (Å²) in [7, 11) is 1.67. The fourth-order valence-corrected chi connectivity index (χ4v) is 2.56. The number of nitrogens with one attached hydrogen (secondary N) is 1. The second-order valence-electron chi connectivity index (χ2n) is 4.84. The van der Waals surface area contributed by atoms with Gasteiger partial charge in [0.25, 0.3) is 0 Å². The van der Waals surface area contributed by atoms with E-state index in [2.05, 4.69) is 30.2 Å². The van der Waals surface area contributed by atoms with Gasteiger partial charge in [-0.25, -0.2) is 0 Å². The molecule has 2 rings (SSSR count). The average molecular weight is 306 g/mol. The highest BCUT2D eigenvalue weighted by atomic mass is 32.1. The molecule has 0 saturated heterocycles. The van der Waals surface area contributed by atoms with E-state index in [0.29, 0.717) is 6.61 Å². The van der Waals surface area contributed by atoms with E-state index >= 15 is 0 Å². The number of rotatable bonds is 8. The number of methoxy groups -OCH3 is 1. The molecule has 1 aromatic heterocycles. The second kappa shape index (κ2) is 8.00. The predicted molar refractivity (Wildman–Crippen MR) is 86.1 cm³/mol. The molecule has 0 fully saturated rings. The van der Waals surface area contributed by atoms with Crippen molar-refractivity contribution in [2.45, 2.75) is 32.9 Å². The number of benzene rings is 1. The van der Waals surface area contributed by atoms with Gasteiger partial charge in [-0.1, -0.05) is 13.0 Å². The first-order valence-electron chi connectivity index (χ1n) is 7.16. The summed E-state index contributed by atoms with van der Waals surface area (Å²) in [5, 5.41) is 3.49. The van der Waals surface area contributed by atoms with Crippen molar-refractivity contribution in [2.75, 3.05) is 13.7 Å². The van der Waals surface area contributed by atoms with Crippen LogP contribution in [0.5, 0.6) is 11.5 Å². The molecule has 1 unspecified atom stereocenters. The Morgan fingerprint density at radius 2 is 2.24 bits per heavy atom. The highest BCUT2D eigenvalue weighted by Crippen LogP contribution is 2.30. The number of thiazole rings is 1. The Kier molecular flexibility index (Phi) is 6.02.